The molecule has 248 valence electrons. The predicted molar refractivity (Wildman–Crippen MR) is 175 cm³/mol. The fourth-order valence-electron chi connectivity index (χ4n) is 5.78. The molecule has 0 saturated heterocycles. The van der Waals surface area contributed by atoms with E-state index in [1.807, 2.05) is 73.7 Å². The first-order chi connectivity index (χ1) is 22.6. The van der Waals surface area contributed by atoms with Crippen LogP contribution < -0.4 is 16.0 Å². The second-order valence-corrected chi connectivity index (χ2v) is 12.3. The summed E-state index contributed by atoms with van der Waals surface area (Å²) in [5.41, 5.74) is 2.83. The molecule has 3 aromatic heterocycles. The van der Waals surface area contributed by atoms with Gasteiger partial charge in [-0.25, -0.2) is 14.6 Å². The third kappa shape index (κ3) is 8.40. The van der Waals surface area contributed by atoms with E-state index < -0.39 is 12.1 Å². The summed E-state index contributed by atoms with van der Waals surface area (Å²) in [6, 6.07) is 13.8. The van der Waals surface area contributed by atoms with Crippen LogP contribution in [0.4, 0.5) is 0 Å². The molecule has 0 radical (unpaired) electrons. The number of nitrogens with zero attached hydrogens (tertiary/aromatic N) is 6. The summed E-state index contributed by atoms with van der Waals surface area (Å²) < 4.78 is 3.38. The van der Waals surface area contributed by atoms with Crippen molar-refractivity contribution in [3.8, 4) is 0 Å². The van der Waals surface area contributed by atoms with Gasteiger partial charge in [0.2, 0.25) is 17.7 Å². The molecule has 5 rings (SSSR count). The SMILES string of the molecule is Cc1nc2n(n1)CC(=O)NCCCN(C(=O)c1cn3c(C)cccc3n1)CCCC(=O)N[C@H](Cc1ccccc1)C(=O)N[C@H]2C(C)C. The average molecular weight is 642 g/mol. The minimum absolute atomic E-state index is 0.0802. The molecule has 4 heterocycles. The first-order valence-electron chi connectivity index (χ1n) is 16.1. The number of carbonyl (C=O) groups excluding carboxylic acids is 4. The Morgan fingerprint density at radius 3 is 2.45 bits per heavy atom. The van der Waals surface area contributed by atoms with Crippen LogP contribution in [-0.2, 0) is 27.3 Å². The number of carbonyl (C=O) groups is 4. The molecule has 0 unspecified atom stereocenters. The summed E-state index contributed by atoms with van der Waals surface area (Å²) in [4.78, 5) is 64.6. The van der Waals surface area contributed by atoms with Gasteiger partial charge in [0.15, 0.2) is 5.82 Å². The molecule has 0 spiro atoms. The molecule has 0 fully saturated rings. The van der Waals surface area contributed by atoms with Crippen molar-refractivity contribution in [3.05, 3.63) is 83.3 Å². The number of amides is 4. The van der Waals surface area contributed by atoms with Gasteiger partial charge in [0.25, 0.3) is 5.91 Å². The van der Waals surface area contributed by atoms with Gasteiger partial charge >= 0.3 is 0 Å². The smallest absolute Gasteiger partial charge is 0.274 e. The van der Waals surface area contributed by atoms with Crippen LogP contribution in [0, 0.1) is 19.8 Å². The number of pyridine rings is 1. The molecule has 3 N–H and O–H groups in total. The van der Waals surface area contributed by atoms with Crippen LogP contribution in [0.15, 0.2) is 54.7 Å². The standard InChI is InChI=1S/C34H43N9O4/c1-22(2)31-32-36-24(4)40-43(32)21-30(45)35-16-10-18-41(34(47)27-20-42-23(3)11-8-14-28(42)37-27)17-9-15-29(44)38-26(33(46)39-31)19-25-12-6-5-7-13-25/h5-8,11-14,20,22,26,31H,9-10,15-19,21H2,1-4H3,(H,35,45)(H,38,44)(H,39,46)/t26-,31+/m1/s1. The molecule has 0 saturated carbocycles. The van der Waals surface area contributed by atoms with E-state index in [0.717, 1.165) is 11.3 Å². The molecule has 1 aliphatic heterocycles. The Bertz CT molecular complexity index is 1730. The third-order valence-electron chi connectivity index (χ3n) is 8.24. The first kappa shape index (κ1) is 33.3. The van der Waals surface area contributed by atoms with Crippen molar-refractivity contribution in [1.29, 1.82) is 0 Å². The summed E-state index contributed by atoms with van der Waals surface area (Å²) in [6.45, 7) is 8.51. The average Bonchev–Trinajstić information content (AvgIpc) is 3.64. The summed E-state index contributed by atoms with van der Waals surface area (Å²) in [7, 11) is 0. The molecule has 47 heavy (non-hydrogen) atoms. The van der Waals surface area contributed by atoms with Crippen molar-refractivity contribution in [2.75, 3.05) is 19.6 Å². The lowest BCUT2D eigenvalue weighted by Gasteiger charge is -2.26. The zero-order valence-electron chi connectivity index (χ0n) is 27.4. The quantitative estimate of drug-likeness (QED) is 0.309. The molecule has 0 aliphatic carbocycles. The van der Waals surface area contributed by atoms with Crippen LogP contribution >= 0.6 is 0 Å². The van der Waals surface area contributed by atoms with Gasteiger partial charge in [-0.2, -0.15) is 5.10 Å². The van der Waals surface area contributed by atoms with Crippen molar-refractivity contribution in [1.82, 2.24) is 45.0 Å². The zero-order valence-corrected chi connectivity index (χ0v) is 27.4. The number of fused-ring (bicyclic) bond motifs is 2. The summed E-state index contributed by atoms with van der Waals surface area (Å²) in [5.74, 6) is -0.297. The van der Waals surface area contributed by atoms with Gasteiger partial charge < -0.3 is 25.3 Å². The van der Waals surface area contributed by atoms with E-state index in [-0.39, 0.29) is 48.9 Å². The van der Waals surface area contributed by atoms with E-state index >= 15 is 0 Å². The van der Waals surface area contributed by atoms with E-state index in [1.54, 1.807) is 18.0 Å². The van der Waals surface area contributed by atoms with E-state index in [0.29, 0.717) is 55.5 Å². The largest absolute Gasteiger partial charge is 0.354 e. The number of imidazole rings is 1. The van der Waals surface area contributed by atoms with Gasteiger partial charge in [0.05, 0.1) is 6.04 Å². The van der Waals surface area contributed by atoms with Crippen LogP contribution in [0.25, 0.3) is 5.65 Å². The van der Waals surface area contributed by atoms with E-state index in [2.05, 4.69) is 31.0 Å². The molecule has 13 nitrogen and oxygen atoms in total. The van der Waals surface area contributed by atoms with Crippen molar-refractivity contribution < 1.29 is 19.2 Å². The fraction of sp³-hybridized carbons (Fsp3) is 0.441. The second-order valence-electron chi connectivity index (χ2n) is 12.3. The number of aryl methyl sites for hydroxylation is 2. The summed E-state index contributed by atoms with van der Waals surface area (Å²) >= 11 is 0. The monoisotopic (exact) mass is 641 g/mol. The van der Waals surface area contributed by atoms with Crippen LogP contribution in [-0.4, -0.2) is 78.4 Å². The van der Waals surface area contributed by atoms with Crippen molar-refractivity contribution in [2.24, 2.45) is 5.92 Å². The molecule has 1 aliphatic rings. The Kier molecular flexibility index (Phi) is 10.6. The molecular weight excluding hydrogens is 598 g/mol. The minimum Gasteiger partial charge on any atom is -0.354 e. The molecule has 4 amide bonds. The molecule has 13 heteroatoms. The lowest BCUT2D eigenvalue weighted by Crippen LogP contribution is -2.50. The Morgan fingerprint density at radius 2 is 1.70 bits per heavy atom. The van der Waals surface area contributed by atoms with E-state index in [9.17, 15) is 19.2 Å². The second kappa shape index (κ2) is 15.0. The lowest BCUT2D eigenvalue weighted by atomic mass is 10.0. The van der Waals surface area contributed by atoms with Gasteiger partial charge in [-0.05, 0) is 50.3 Å². The molecular formula is C34H43N9O4. The number of benzene rings is 1. The van der Waals surface area contributed by atoms with E-state index in [1.165, 1.54) is 4.68 Å². The molecule has 0 bridgehead atoms. The van der Waals surface area contributed by atoms with Crippen LogP contribution in [0.5, 0.6) is 0 Å². The number of hydrogen-bond donors (Lipinski definition) is 3. The normalized spacial score (nSPS) is 19.0. The van der Waals surface area contributed by atoms with Gasteiger partial charge in [-0.1, -0.05) is 50.2 Å². The number of nitrogens with one attached hydrogen (secondary N) is 3. The maximum absolute atomic E-state index is 13.8. The maximum Gasteiger partial charge on any atom is 0.274 e. The van der Waals surface area contributed by atoms with Gasteiger partial charge in [0.1, 0.15) is 29.8 Å². The zero-order chi connectivity index (χ0) is 33.5. The molecule has 2 atom stereocenters. The van der Waals surface area contributed by atoms with Gasteiger partial charge in [-0.15, -0.1) is 0 Å². The summed E-state index contributed by atoms with van der Waals surface area (Å²) in [5, 5.41) is 13.4. The lowest BCUT2D eigenvalue weighted by molar-refractivity contribution is -0.129. The number of rotatable bonds is 4. The molecule has 4 aromatic rings. The van der Waals surface area contributed by atoms with Crippen molar-refractivity contribution in [3.63, 3.8) is 0 Å². The molecule has 1 aromatic carbocycles. The van der Waals surface area contributed by atoms with Crippen molar-refractivity contribution in [2.45, 2.75) is 72.0 Å². The highest BCUT2D eigenvalue weighted by molar-refractivity contribution is 5.93. The Morgan fingerprint density at radius 1 is 0.936 bits per heavy atom. The Labute approximate surface area is 274 Å². The highest BCUT2D eigenvalue weighted by Gasteiger charge is 2.30. The minimum atomic E-state index is -0.857. The van der Waals surface area contributed by atoms with Gasteiger partial charge in [-0.3, -0.25) is 19.2 Å². The Balaban J connectivity index is 1.40. The highest BCUT2D eigenvalue weighted by atomic mass is 16.2. The van der Waals surface area contributed by atoms with Crippen LogP contribution in [0.1, 0.15) is 72.5 Å². The fourth-order valence-corrected chi connectivity index (χ4v) is 5.78. The van der Waals surface area contributed by atoms with Gasteiger partial charge in [0, 0.05) is 44.4 Å². The third-order valence-corrected chi connectivity index (χ3v) is 8.24. The van der Waals surface area contributed by atoms with E-state index in [4.69, 9.17) is 0 Å². The Hall–Kier alpha value is -5.07. The maximum atomic E-state index is 13.8. The summed E-state index contributed by atoms with van der Waals surface area (Å²) in [6.07, 6.45) is 3.01. The number of aromatic nitrogens is 5. The first-order valence-corrected chi connectivity index (χ1v) is 16.1. The van der Waals surface area contributed by atoms with Crippen LogP contribution in [0.3, 0.4) is 0 Å². The highest BCUT2D eigenvalue weighted by Crippen LogP contribution is 2.21. The topological polar surface area (TPSA) is 156 Å². The van der Waals surface area contributed by atoms with Crippen LogP contribution in [0.2, 0.25) is 0 Å². The predicted octanol–water partition coefficient (Wildman–Crippen LogP) is 2.53. The van der Waals surface area contributed by atoms with Crippen molar-refractivity contribution >= 4 is 29.3 Å². The number of hydrogen-bond acceptors (Lipinski definition) is 7.